The van der Waals surface area contributed by atoms with Gasteiger partial charge < -0.3 is 4.74 Å². The number of benzene rings is 2. The second-order valence-electron chi connectivity index (χ2n) is 5.11. The van der Waals surface area contributed by atoms with Crippen LogP contribution in [0, 0.1) is 6.92 Å². The van der Waals surface area contributed by atoms with Crippen molar-refractivity contribution >= 4 is 22.9 Å². The molecule has 0 aliphatic rings. The highest BCUT2D eigenvalue weighted by Crippen LogP contribution is 2.19. The van der Waals surface area contributed by atoms with Crippen molar-refractivity contribution in [3.63, 3.8) is 0 Å². The lowest BCUT2D eigenvalue weighted by molar-refractivity contribution is 0.414. The molecule has 1 heterocycles. The molecule has 2 aromatic carbocycles. The normalized spacial score (nSPS) is 11.0. The lowest BCUT2D eigenvalue weighted by Gasteiger charge is -2.05. The van der Waals surface area contributed by atoms with Crippen molar-refractivity contribution in [2.24, 2.45) is 5.10 Å². The number of para-hydroxylation sites is 1. The van der Waals surface area contributed by atoms with Gasteiger partial charge in [-0.3, -0.25) is 5.43 Å². The van der Waals surface area contributed by atoms with E-state index in [1.54, 1.807) is 7.11 Å². The van der Waals surface area contributed by atoms with Crippen LogP contribution >= 0.6 is 0 Å². The molecule has 3 rings (SSSR count). The fourth-order valence-corrected chi connectivity index (χ4v) is 2.30. The van der Waals surface area contributed by atoms with Gasteiger partial charge in [0, 0.05) is 18.0 Å². The fraction of sp³-hybridized carbons (Fsp3) is 0.167. The SMILES string of the molecule is COc1ccc(CC=NNc2nc(C)nc3ccccc23)cc1. The predicted molar refractivity (Wildman–Crippen MR) is 93.1 cm³/mol. The lowest BCUT2D eigenvalue weighted by Crippen LogP contribution is -1.99. The van der Waals surface area contributed by atoms with Crippen LogP contribution in [0.2, 0.25) is 0 Å². The molecule has 0 radical (unpaired) electrons. The van der Waals surface area contributed by atoms with Gasteiger partial charge in [0.25, 0.3) is 0 Å². The Bertz CT molecular complexity index is 828. The van der Waals surface area contributed by atoms with Crippen molar-refractivity contribution in [2.75, 3.05) is 12.5 Å². The van der Waals surface area contributed by atoms with Gasteiger partial charge in [0.05, 0.1) is 12.6 Å². The summed E-state index contributed by atoms with van der Waals surface area (Å²) in [6, 6.07) is 15.8. The van der Waals surface area contributed by atoms with E-state index < -0.39 is 0 Å². The van der Waals surface area contributed by atoms with Crippen molar-refractivity contribution in [1.29, 1.82) is 0 Å². The van der Waals surface area contributed by atoms with Crippen molar-refractivity contribution in [3.05, 3.63) is 59.9 Å². The van der Waals surface area contributed by atoms with Crippen molar-refractivity contribution in [2.45, 2.75) is 13.3 Å². The molecule has 0 fully saturated rings. The van der Waals surface area contributed by atoms with E-state index in [1.807, 2.05) is 61.7 Å². The fourth-order valence-electron chi connectivity index (χ4n) is 2.30. The molecule has 3 aromatic rings. The molecule has 5 nitrogen and oxygen atoms in total. The van der Waals surface area contributed by atoms with E-state index >= 15 is 0 Å². The smallest absolute Gasteiger partial charge is 0.157 e. The molecule has 0 saturated heterocycles. The Hall–Kier alpha value is -2.95. The predicted octanol–water partition coefficient (Wildman–Crippen LogP) is 3.59. The third kappa shape index (κ3) is 3.63. The number of ether oxygens (including phenoxy) is 1. The number of anilines is 1. The van der Waals surface area contributed by atoms with Crippen LogP contribution in [0.25, 0.3) is 10.9 Å². The van der Waals surface area contributed by atoms with Crippen LogP contribution in [0.1, 0.15) is 11.4 Å². The van der Waals surface area contributed by atoms with Gasteiger partial charge in [0.15, 0.2) is 5.82 Å². The minimum Gasteiger partial charge on any atom is -0.497 e. The summed E-state index contributed by atoms with van der Waals surface area (Å²) in [4.78, 5) is 8.83. The molecule has 0 amide bonds. The maximum atomic E-state index is 5.14. The summed E-state index contributed by atoms with van der Waals surface area (Å²) in [5, 5.41) is 5.23. The van der Waals surface area contributed by atoms with Crippen LogP contribution in [-0.2, 0) is 6.42 Å². The number of nitrogens with one attached hydrogen (secondary N) is 1. The molecule has 0 aliphatic carbocycles. The Morgan fingerprint density at radius 3 is 2.65 bits per heavy atom. The van der Waals surface area contributed by atoms with Crippen LogP contribution in [0.3, 0.4) is 0 Å². The Balaban J connectivity index is 1.70. The van der Waals surface area contributed by atoms with E-state index in [4.69, 9.17) is 4.74 Å². The average Bonchev–Trinajstić information content (AvgIpc) is 2.59. The summed E-state index contributed by atoms with van der Waals surface area (Å²) in [6.07, 6.45) is 2.56. The summed E-state index contributed by atoms with van der Waals surface area (Å²) in [5.41, 5.74) is 5.09. The standard InChI is InChI=1S/C18H18N4O/c1-13-20-17-6-4-3-5-16(17)18(21-13)22-19-12-11-14-7-9-15(23-2)10-8-14/h3-10,12H,11H2,1-2H3,(H,20,21,22). The van der Waals surface area contributed by atoms with E-state index in [2.05, 4.69) is 20.5 Å². The third-order valence-electron chi connectivity index (χ3n) is 3.46. The van der Waals surface area contributed by atoms with Gasteiger partial charge in [0.1, 0.15) is 11.6 Å². The van der Waals surface area contributed by atoms with E-state index in [-0.39, 0.29) is 0 Å². The van der Waals surface area contributed by atoms with Crippen molar-refractivity contribution in [1.82, 2.24) is 9.97 Å². The highest BCUT2D eigenvalue weighted by Gasteiger charge is 2.03. The molecule has 0 spiro atoms. The Labute approximate surface area is 135 Å². The largest absolute Gasteiger partial charge is 0.497 e. The quantitative estimate of drug-likeness (QED) is 0.578. The summed E-state index contributed by atoms with van der Waals surface area (Å²) in [5.74, 6) is 2.29. The molecule has 0 aliphatic heterocycles. The molecule has 0 saturated carbocycles. The first-order chi connectivity index (χ1) is 11.3. The number of methoxy groups -OCH3 is 1. The van der Waals surface area contributed by atoms with Gasteiger partial charge >= 0.3 is 0 Å². The summed E-state index contributed by atoms with van der Waals surface area (Å²) < 4.78 is 5.14. The van der Waals surface area contributed by atoms with E-state index in [9.17, 15) is 0 Å². The van der Waals surface area contributed by atoms with Gasteiger partial charge in [-0.1, -0.05) is 24.3 Å². The van der Waals surface area contributed by atoms with Gasteiger partial charge in [-0.15, -0.1) is 0 Å². The van der Waals surface area contributed by atoms with Gasteiger partial charge in [-0.25, -0.2) is 9.97 Å². The number of hydrazone groups is 1. The maximum absolute atomic E-state index is 5.14. The van der Waals surface area contributed by atoms with E-state index in [1.165, 1.54) is 5.56 Å². The lowest BCUT2D eigenvalue weighted by atomic mass is 10.2. The number of nitrogens with zero attached hydrogens (tertiary/aromatic N) is 3. The molecular formula is C18H18N4O. The van der Waals surface area contributed by atoms with Crippen LogP contribution < -0.4 is 10.2 Å². The zero-order chi connectivity index (χ0) is 16.1. The van der Waals surface area contributed by atoms with Crippen molar-refractivity contribution < 1.29 is 4.74 Å². The topological polar surface area (TPSA) is 59.4 Å². The molecule has 5 heteroatoms. The van der Waals surface area contributed by atoms with E-state index in [0.29, 0.717) is 0 Å². The summed E-state index contributed by atoms with van der Waals surface area (Å²) in [6.45, 7) is 1.87. The summed E-state index contributed by atoms with van der Waals surface area (Å²) in [7, 11) is 1.66. The zero-order valence-corrected chi connectivity index (χ0v) is 13.2. The first kappa shape index (κ1) is 15.0. The molecule has 0 bridgehead atoms. The van der Waals surface area contributed by atoms with Gasteiger partial charge in [0.2, 0.25) is 0 Å². The molecule has 0 unspecified atom stereocenters. The Morgan fingerprint density at radius 1 is 1.09 bits per heavy atom. The van der Waals surface area contributed by atoms with Gasteiger partial charge in [-0.05, 0) is 36.8 Å². The average molecular weight is 306 g/mol. The third-order valence-corrected chi connectivity index (χ3v) is 3.46. The number of hydrogen-bond donors (Lipinski definition) is 1. The first-order valence-electron chi connectivity index (χ1n) is 7.40. The van der Waals surface area contributed by atoms with Crippen LogP contribution in [0.4, 0.5) is 5.82 Å². The monoisotopic (exact) mass is 306 g/mol. The molecule has 0 atom stereocenters. The van der Waals surface area contributed by atoms with E-state index in [0.717, 1.165) is 34.7 Å². The number of rotatable bonds is 5. The molecule has 116 valence electrons. The molecular weight excluding hydrogens is 288 g/mol. The number of aromatic nitrogens is 2. The highest BCUT2D eigenvalue weighted by molar-refractivity contribution is 5.89. The Morgan fingerprint density at radius 2 is 1.87 bits per heavy atom. The van der Waals surface area contributed by atoms with Gasteiger partial charge in [-0.2, -0.15) is 5.10 Å². The molecule has 23 heavy (non-hydrogen) atoms. The Kier molecular flexibility index (Phi) is 4.47. The first-order valence-corrected chi connectivity index (χ1v) is 7.40. The molecule has 1 aromatic heterocycles. The number of hydrogen-bond acceptors (Lipinski definition) is 5. The number of fused-ring (bicyclic) bond motifs is 1. The van der Waals surface area contributed by atoms with Crippen LogP contribution in [0.15, 0.2) is 53.6 Å². The zero-order valence-electron chi connectivity index (χ0n) is 13.2. The second kappa shape index (κ2) is 6.87. The van der Waals surface area contributed by atoms with Crippen molar-refractivity contribution in [3.8, 4) is 5.75 Å². The molecule has 1 N–H and O–H groups in total. The number of aryl methyl sites for hydroxylation is 1. The van der Waals surface area contributed by atoms with Crippen LogP contribution in [0.5, 0.6) is 5.75 Å². The summed E-state index contributed by atoms with van der Waals surface area (Å²) >= 11 is 0. The van der Waals surface area contributed by atoms with Crippen LogP contribution in [-0.4, -0.2) is 23.3 Å². The highest BCUT2D eigenvalue weighted by atomic mass is 16.5. The minimum atomic E-state index is 0.719. The maximum Gasteiger partial charge on any atom is 0.157 e. The minimum absolute atomic E-state index is 0.719. The second-order valence-corrected chi connectivity index (χ2v) is 5.11.